The molecule has 0 aromatic heterocycles. The van der Waals surface area contributed by atoms with Gasteiger partial charge < -0.3 is 5.32 Å². The average Bonchev–Trinajstić information content (AvgIpc) is 2.06. The minimum Gasteiger partial charge on any atom is -0.313 e. The highest BCUT2D eigenvalue weighted by molar-refractivity contribution is 4.88. The van der Waals surface area contributed by atoms with E-state index in [0.29, 0.717) is 0 Å². The molecule has 11 heavy (non-hydrogen) atoms. The van der Waals surface area contributed by atoms with Gasteiger partial charge in [-0.3, -0.25) is 0 Å². The molecule has 0 aromatic carbocycles. The molecule has 2 aliphatic rings. The van der Waals surface area contributed by atoms with Crippen LogP contribution in [0.3, 0.4) is 0 Å². The predicted molar refractivity (Wildman–Crippen MR) is 47.5 cm³/mol. The van der Waals surface area contributed by atoms with E-state index >= 15 is 0 Å². The zero-order valence-electron chi connectivity index (χ0n) is 7.47. The van der Waals surface area contributed by atoms with Gasteiger partial charge in [0.05, 0.1) is 0 Å². The van der Waals surface area contributed by atoms with Gasteiger partial charge in [0.2, 0.25) is 0 Å². The molecular formula is C10H19N. The standard InChI is InChI=1S/C10H19N/c1-8-4-2-5-9-6-3-7-11-10(8)9/h8-11H,2-7H2,1H3/t8-,9+,10+/m1/s1. The Balaban J connectivity index is 1.99. The Kier molecular flexibility index (Phi) is 2.17. The zero-order chi connectivity index (χ0) is 7.68. The van der Waals surface area contributed by atoms with Crippen molar-refractivity contribution in [3.63, 3.8) is 0 Å². The summed E-state index contributed by atoms with van der Waals surface area (Å²) in [6.45, 7) is 3.68. The zero-order valence-corrected chi connectivity index (χ0v) is 7.47. The third-order valence-corrected chi connectivity index (χ3v) is 3.49. The average molecular weight is 153 g/mol. The summed E-state index contributed by atoms with van der Waals surface area (Å²) in [5.41, 5.74) is 0. The van der Waals surface area contributed by atoms with Gasteiger partial charge in [-0.2, -0.15) is 0 Å². The quantitative estimate of drug-likeness (QED) is 0.562. The van der Waals surface area contributed by atoms with Crippen LogP contribution in [0.5, 0.6) is 0 Å². The molecule has 0 aromatic rings. The monoisotopic (exact) mass is 153 g/mol. The number of piperidine rings is 1. The van der Waals surface area contributed by atoms with Gasteiger partial charge in [-0.1, -0.05) is 13.3 Å². The largest absolute Gasteiger partial charge is 0.313 e. The molecule has 1 heteroatoms. The summed E-state index contributed by atoms with van der Waals surface area (Å²) in [7, 11) is 0. The van der Waals surface area contributed by atoms with Crippen LogP contribution in [0, 0.1) is 11.8 Å². The topological polar surface area (TPSA) is 12.0 Å². The predicted octanol–water partition coefficient (Wildman–Crippen LogP) is 2.17. The van der Waals surface area contributed by atoms with Crippen molar-refractivity contribution in [1.82, 2.24) is 5.32 Å². The summed E-state index contributed by atoms with van der Waals surface area (Å²) >= 11 is 0. The maximum Gasteiger partial charge on any atom is 0.0121 e. The molecule has 1 aliphatic heterocycles. The second-order valence-electron chi connectivity index (χ2n) is 4.29. The van der Waals surface area contributed by atoms with Crippen molar-refractivity contribution in [2.24, 2.45) is 11.8 Å². The highest BCUT2D eigenvalue weighted by atomic mass is 14.9. The summed E-state index contributed by atoms with van der Waals surface area (Å²) in [4.78, 5) is 0. The Morgan fingerprint density at radius 3 is 2.73 bits per heavy atom. The first kappa shape index (κ1) is 7.60. The van der Waals surface area contributed by atoms with Crippen LogP contribution in [-0.4, -0.2) is 12.6 Å². The minimum absolute atomic E-state index is 0.873. The summed E-state index contributed by atoms with van der Waals surface area (Å²) in [5, 5.41) is 3.67. The van der Waals surface area contributed by atoms with E-state index in [2.05, 4.69) is 12.2 Å². The normalized spacial score (nSPS) is 45.0. The molecule has 1 saturated carbocycles. The Labute approximate surface area is 69.6 Å². The molecule has 1 aliphatic carbocycles. The highest BCUT2D eigenvalue weighted by Gasteiger charge is 2.31. The highest BCUT2D eigenvalue weighted by Crippen LogP contribution is 2.33. The van der Waals surface area contributed by atoms with Crippen LogP contribution in [0.1, 0.15) is 39.0 Å². The molecule has 2 rings (SSSR count). The third-order valence-electron chi connectivity index (χ3n) is 3.49. The molecular weight excluding hydrogens is 134 g/mol. The maximum absolute atomic E-state index is 3.67. The molecule has 1 saturated heterocycles. The van der Waals surface area contributed by atoms with E-state index in [1.165, 1.54) is 38.6 Å². The van der Waals surface area contributed by atoms with Crippen molar-refractivity contribution in [2.75, 3.05) is 6.54 Å². The lowest BCUT2D eigenvalue weighted by Crippen LogP contribution is -2.47. The van der Waals surface area contributed by atoms with Crippen molar-refractivity contribution in [3.05, 3.63) is 0 Å². The van der Waals surface area contributed by atoms with Gasteiger partial charge in [0.1, 0.15) is 0 Å². The lowest BCUT2D eigenvalue weighted by atomic mass is 9.74. The van der Waals surface area contributed by atoms with Gasteiger partial charge in [-0.15, -0.1) is 0 Å². The first-order valence-corrected chi connectivity index (χ1v) is 5.11. The van der Waals surface area contributed by atoms with Gasteiger partial charge in [-0.25, -0.2) is 0 Å². The maximum atomic E-state index is 3.67. The lowest BCUT2D eigenvalue weighted by Gasteiger charge is -2.40. The fraction of sp³-hybridized carbons (Fsp3) is 1.00. The van der Waals surface area contributed by atoms with E-state index in [1.807, 2.05) is 0 Å². The van der Waals surface area contributed by atoms with Gasteiger partial charge in [0, 0.05) is 6.04 Å². The van der Waals surface area contributed by atoms with Crippen molar-refractivity contribution >= 4 is 0 Å². The molecule has 3 atom stereocenters. The summed E-state index contributed by atoms with van der Waals surface area (Å²) in [6, 6.07) is 0.873. The fourth-order valence-electron chi connectivity index (χ4n) is 2.85. The molecule has 0 bridgehead atoms. The van der Waals surface area contributed by atoms with Crippen molar-refractivity contribution < 1.29 is 0 Å². The van der Waals surface area contributed by atoms with E-state index in [4.69, 9.17) is 0 Å². The molecule has 2 fully saturated rings. The van der Waals surface area contributed by atoms with Crippen LogP contribution in [0.4, 0.5) is 0 Å². The second-order valence-corrected chi connectivity index (χ2v) is 4.29. The Bertz CT molecular complexity index is 131. The smallest absolute Gasteiger partial charge is 0.0121 e. The van der Waals surface area contributed by atoms with Crippen LogP contribution in [0.15, 0.2) is 0 Å². The first-order chi connectivity index (χ1) is 5.38. The SMILES string of the molecule is C[C@@H]1CCC[C@H]2CCCN[C@H]21. The van der Waals surface area contributed by atoms with Crippen LogP contribution in [-0.2, 0) is 0 Å². The van der Waals surface area contributed by atoms with Gasteiger partial charge in [0.15, 0.2) is 0 Å². The first-order valence-electron chi connectivity index (χ1n) is 5.11. The Hall–Kier alpha value is -0.0400. The molecule has 0 amide bonds. The van der Waals surface area contributed by atoms with E-state index in [0.717, 1.165) is 17.9 Å². The molecule has 0 unspecified atom stereocenters. The van der Waals surface area contributed by atoms with E-state index in [-0.39, 0.29) is 0 Å². The fourth-order valence-corrected chi connectivity index (χ4v) is 2.85. The molecule has 1 heterocycles. The van der Waals surface area contributed by atoms with E-state index < -0.39 is 0 Å². The van der Waals surface area contributed by atoms with Crippen molar-refractivity contribution in [1.29, 1.82) is 0 Å². The number of rotatable bonds is 0. The molecule has 64 valence electrons. The molecule has 0 spiro atoms. The number of nitrogens with one attached hydrogen (secondary N) is 1. The lowest BCUT2D eigenvalue weighted by molar-refractivity contribution is 0.157. The number of hydrogen-bond donors (Lipinski definition) is 1. The summed E-state index contributed by atoms with van der Waals surface area (Å²) in [6.07, 6.45) is 7.32. The van der Waals surface area contributed by atoms with Crippen LogP contribution < -0.4 is 5.32 Å². The van der Waals surface area contributed by atoms with E-state index in [9.17, 15) is 0 Å². The van der Waals surface area contributed by atoms with Crippen LogP contribution in [0.2, 0.25) is 0 Å². The molecule has 0 radical (unpaired) electrons. The van der Waals surface area contributed by atoms with E-state index in [1.54, 1.807) is 0 Å². The Morgan fingerprint density at radius 2 is 1.91 bits per heavy atom. The van der Waals surface area contributed by atoms with Crippen molar-refractivity contribution in [2.45, 2.75) is 45.1 Å². The second kappa shape index (κ2) is 3.14. The van der Waals surface area contributed by atoms with Crippen LogP contribution >= 0.6 is 0 Å². The minimum atomic E-state index is 0.873. The molecule has 1 N–H and O–H groups in total. The number of fused-ring (bicyclic) bond motifs is 1. The van der Waals surface area contributed by atoms with Gasteiger partial charge >= 0.3 is 0 Å². The van der Waals surface area contributed by atoms with Crippen LogP contribution in [0.25, 0.3) is 0 Å². The Morgan fingerprint density at radius 1 is 1.09 bits per heavy atom. The van der Waals surface area contributed by atoms with Crippen molar-refractivity contribution in [3.8, 4) is 0 Å². The summed E-state index contributed by atoms with van der Waals surface area (Å²) < 4.78 is 0. The third kappa shape index (κ3) is 1.44. The molecule has 1 nitrogen and oxygen atoms in total. The number of hydrogen-bond acceptors (Lipinski definition) is 1. The van der Waals surface area contributed by atoms with Gasteiger partial charge in [-0.05, 0) is 44.1 Å². The summed E-state index contributed by atoms with van der Waals surface area (Å²) in [5.74, 6) is 1.96. The van der Waals surface area contributed by atoms with Gasteiger partial charge in [0.25, 0.3) is 0 Å².